The summed E-state index contributed by atoms with van der Waals surface area (Å²) < 4.78 is 2.25. The predicted molar refractivity (Wildman–Crippen MR) is 109 cm³/mol. The van der Waals surface area contributed by atoms with Gasteiger partial charge in [-0.3, -0.25) is 9.69 Å². The number of rotatable bonds is 7. The molecule has 2 aromatic rings. The highest BCUT2D eigenvalue weighted by atomic mass is 16.2. The third-order valence-electron chi connectivity index (χ3n) is 5.51. The van der Waals surface area contributed by atoms with E-state index >= 15 is 0 Å². The summed E-state index contributed by atoms with van der Waals surface area (Å²) in [5.41, 5.74) is 1.13. The Morgan fingerprint density at radius 1 is 1.07 bits per heavy atom. The molecule has 0 saturated carbocycles. The van der Waals surface area contributed by atoms with Gasteiger partial charge in [-0.05, 0) is 12.0 Å². The van der Waals surface area contributed by atoms with Gasteiger partial charge in [0, 0.05) is 57.6 Å². The first-order valence-electron chi connectivity index (χ1n) is 10.2. The normalized spacial score (nSPS) is 16.7. The van der Waals surface area contributed by atoms with Crippen molar-refractivity contribution in [3.05, 3.63) is 54.1 Å². The Labute approximate surface area is 163 Å². The van der Waals surface area contributed by atoms with E-state index in [-0.39, 0.29) is 11.8 Å². The molecule has 1 saturated heterocycles. The van der Waals surface area contributed by atoms with E-state index in [0.717, 1.165) is 57.1 Å². The van der Waals surface area contributed by atoms with Gasteiger partial charge in [-0.2, -0.15) is 0 Å². The average Bonchev–Trinajstić information content (AvgIpc) is 3.17. The van der Waals surface area contributed by atoms with E-state index in [1.807, 2.05) is 24.4 Å². The standard InChI is InChI=1S/C22H32N4O/c1-4-20(19-8-6-5-7-9-19)22(27)26-16-13-24(14-17-26)12-15-25-11-10-23-21(25)18(2)3/h5-11,18,20H,4,12-17H2,1-3H3. The molecule has 1 aromatic carbocycles. The van der Waals surface area contributed by atoms with Gasteiger partial charge in [0.1, 0.15) is 5.82 Å². The van der Waals surface area contributed by atoms with Gasteiger partial charge in [-0.15, -0.1) is 0 Å². The molecule has 5 heteroatoms. The topological polar surface area (TPSA) is 41.4 Å². The van der Waals surface area contributed by atoms with Crippen LogP contribution in [-0.2, 0) is 11.3 Å². The third-order valence-corrected chi connectivity index (χ3v) is 5.51. The zero-order chi connectivity index (χ0) is 19.2. The molecule has 0 bridgehead atoms. The number of carbonyl (C=O) groups is 1. The number of hydrogen-bond acceptors (Lipinski definition) is 3. The molecule has 0 spiro atoms. The molecule has 3 rings (SSSR count). The monoisotopic (exact) mass is 368 g/mol. The molecule has 1 aromatic heterocycles. The Morgan fingerprint density at radius 2 is 1.78 bits per heavy atom. The summed E-state index contributed by atoms with van der Waals surface area (Å²) in [6.45, 7) is 12.0. The van der Waals surface area contributed by atoms with E-state index in [2.05, 4.69) is 58.5 Å². The lowest BCUT2D eigenvalue weighted by molar-refractivity contribution is -0.134. The van der Waals surface area contributed by atoms with E-state index in [9.17, 15) is 4.79 Å². The van der Waals surface area contributed by atoms with Crippen LogP contribution in [0.4, 0.5) is 0 Å². The van der Waals surface area contributed by atoms with Crippen LogP contribution < -0.4 is 0 Å². The van der Waals surface area contributed by atoms with E-state index in [1.54, 1.807) is 0 Å². The molecule has 2 heterocycles. The Hall–Kier alpha value is -2.14. The molecule has 27 heavy (non-hydrogen) atoms. The number of amides is 1. The van der Waals surface area contributed by atoms with Gasteiger partial charge in [0.25, 0.3) is 0 Å². The lowest BCUT2D eigenvalue weighted by Gasteiger charge is -2.36. The van der Waals surface area contributed by atoms with Crippen molar-refractivity contribution < 1.29 is 4.79 Å². The molecule has 1 fully saturated rings. The van der Waals surface area contributed by atoms with Crippen molar-refractivity contribution in [3.63, 3.8) is 0 Å². The second-order valence-electron chi connectivity index (χ2n) is 7.67. The molecular formula is C22H32N4O. The fourth-order valence-electron chi connectivity index (χ4n) is 3.91. The maximum absolute atomic E-state index is 13.0. The molecular weight excluding hydrogens is 336 g/mol. The van der Waals surface area contributed by atoms with E-state index in [0.29, 0.717) is 5.92 Å². The molecule has 0 aliphatic carbocycles. The van der Waals surface area contributed by atoms with Gasteiger partial charge < -0.3 is 9.47 Å². The molecule has 146 valence electrons. The minimum absolute atomic E-state index is 0.0164. The molecule has 0 N–H and O–H groups in total. The van der Waals surface area contributed by atoms with Crippen LogP contribution in [0.1, 0.15) is 50.4 Å². The Bertz CT molecular complexity index is 717. The molecule has 1 atom stereocenters. The van der Waals surface area contributed by atoms with Gasteiger partial charge in [0.2, 0.25) is 5.91 Å². The van der Waals surface area contributed by atoms with Crippen molar-refractivity contribution in [1.82, 2.24) is 19.4 Å². The van der Waals surface area contributed by atoms with Gasteiger partial charge in [-0.1, -0.05) is 51.1 Å². The summed E-state index contributed by atoms with van der Waals surface area (Å²) in [7, 11) is 0. The van der Waals surface area contributed by atoms with Gasteiger partial charge in [0.15, 0.2) is 0 Å². The number of carbonyl (C=O) groups excluding carboxylic acids is 1. The second kappa shape index (κ2) is 9.18. The second-order valence-corrected chi connectivity index (χ2v) is 7.67. The SMILES string of the molecule is CCC(C(=O)N1CCN(CCn2ccnc2C(C)C)CC1)c1ccccc1. The van der Waals surface area contributed by atoms with E-state index in [4.69, 9.17) is 0 Å². The summed E-state index contributed by atoms with van der Waals surface area (Å²) in [5, 5.41) is 0. The summed E-state index contributed by atoms with van der Waals surface area (Å²) >= 11 is 0. The zero-order valence-electron chi connectivity index (χ0n) is 16.8. The summed E-state index contributed by atoms with van der Waals surface area (Å²) in [6, 6.07) is 10.2. The number of benzene rings is 1. The molecule has 1 aliphatic heterocycles. The van der Waals surface area contributed by atoms with Gasteiger partial charge in [0.05, 0.1) is 5.92 Å². The highest BCUT2D eigenvalue weighted by Gasteiger charge is 2.27. The van der Waals surface area contributed by atoms with Crippen LogP contribution in [0, 0.1) is 0 Å². The largest absolute Gasteiger partial charge is 0.340 e. The zero-order valence-corrected chi connectivity index (χ0v) is 16.8. The summed E-state index contributed by atoms with van der Waals surface area (Å²) in [6.07, 6.45) is 4.81. The summed E-state index contributed by atoms with van der Waals surface area (Å²) in [4.78, 5) is 22.0. The van der Waals surface area contributed by atoms with Crippen LogP contribution in [0.5, 0.6) is 0 Å². The molecule has 0 radical (unpaired) electrons. The number of imidazole rings is 1. The Balaban J connectivity index is 1.51. The number of piperazine rings is 1. The Kier molecular flexibility index (Phi) is 6.67. The highest BCUT2D eigenvalue weighted by Crippen LogP contribution is 2.22. The van der Waals surface area contributed by atoms with Crippen molar-refractivity contribution in [3.8, 4) is 0 Å². The third kappa shape index (κ3) is 4.78. The van der Waals surface area contributed by atoms with Crippen molar-refractivity contribution in [2.24, 2.45) is 0 Å². The first-order valence-corrected chi connectivity index (χ1v) is 10.2. The van der Waals surface area contributed by atoms with Crippen molar-refractivity contribution in [1.29, 1.82) is 0 Å². The summed E-state index contributed by atoms with van der Waals surface area (Å²) in [5.74, 6) is 1.85. The van der Waals surface area contributed by atoms with E-state index in [1.165, 1.54) is 0 Å². The highest BCUT2D eigenvalue weighted by molar-refractivity contribution is 5.83. The van der Waals surface area contributed by atoms with Crippen LogP contribution in [0.25, 0.3) is 0 Å². The van der Waals surface area contributed by atoms with Gasteiger partial charge >= 0.3 is 0 Å². The number of aromatic nitrogens is 2. The number of hydrogen-bond donors (Lipinski definition) is 0. The van der Waals surface area contributed by atoms with Crippen LogP contribution in [0.2, 0.25) is 0 Å². The molecule has 1 amide bonds. The molecule has 5 nitrogen and oxygen atoms in total. The van der Waals surface area contributed by atoms with Crippen molar-refractivity contribution in [2.45, 2.75) is 45.6 Å². The van der Waals surface area contributed by atoms with Gasteiger partial charge in [-0.25, -0.2) is 4.98 Å². The van der Waals surface area contributed by atoms with Crippen LogP contribution >= 0.6 is 0 Å². The lowest BCUT2D eigenvalue weighted by Crippen LogP contribution is -2.50. The average molecular weight is 369 g/mol. The van der Waals surface area contributed by atoms with Crippen molar-refractivity contribution >= 4 is 5.91 Å². The lowest BCUT2D eigenvalue weighted by atomic mass is 9.95. The minimum atomic E-state index is -0.0164. The quantitative estimate of drug-likeness (QED) is 0.753. The van der Waals surface area contributed by atoms with Crippen LogP contribution in [-0.4, -0.2) is 58.0 Å². The predicted octanol–water partition coefficient (Wildman–Crippen LogP) is 3.34. The van der Waals surface area contributed by atoms with Crippen LogP contribution in [0.3, 0.4) is 0 Å². The first kappa shape index (κ1) is 19.6. The maximum atomic E-state index is 13.0. The number of nitrogens with zero attached hydrogens (tertiary/aromatic N) is 4. The van der Waals surface area contributed by atoms with Crippen molar-refractivity contribution in [2.75, 3.05) is 32.7 Å². The first-order chi connectivity index (χ1) is 13.1. The smallest absolute Gasteiger partial charge is 0.230 e. The van der Waals surface area contributed by atoms with Crippen LogP contribution in [0.15, 0.2) is 42.7 Å². The Morgan fingerprint density at radius 3 is 2.41 bits per heavy atom. The molecule has 1 unspecified atom stereocenters. The maximum Gasteiger partial charge on any atom is 0.230 e. The fraction of sp³-hybridized carbons (Fsp3) is 0.545. The molecule has 1 aliphatic rings. The fourth-order valence-corrected chi connectivity index (χ4v) is 3.91. The van der Waals surface area contributed by atoms with E-state index < -0.39 is 0 Å². The minimum Gasteiger partial charge on any atom is -0.340 e.